The number of nitrogen functional groups attached to an aromatic ring is 1. The Balaban J connectivity index is 2.32. The summed E-state index contributed by atoms with van der Waals surface area (Å²) in [5, 5.41) is 6.10. The van der Waals surface area contributed by atoms with Crippen LogP contribution in [0, 0.1) is 5.92 Å². The molecule has 24 heavy (non-hydrogen) atoms. The fraction of sp³-hybridized carbons (Fsp3) is 0.316. The number of benzene rings is 2. The summed E-state index contributed by atoms with van der Waals surface area (Å²) in [4.78, 5) is 2.27. The predicted octanol–water partition coefficient (Wildman–Crippen LogP) is 4.57. The summed E-state index contributed by atoms with van der Waals surface area (Å²) >= 11 is 6.24. The van der Waals surface area contributed by atoms with Crippen molar-refractivity contribution in [3.05, 3.63) is 41.4 Å². The average molecular weight is 343 g/mol. The second kappa shape index (κ2) is 6.36. The van der Waals surface area contributed by atoms with Crippen molar-refractivity contribution in [2.24, 2.45) is 13.0 Å². The van der Waals surface area contributed by atoms with Crippen LogP contribution in [-0.4, -0.2) is 23.4 Å². The summed E-state index contributed by atoms with van der Waals surface area (Å²) in [5.74, 6) is 1.10. The van der Waals surface area contributed by atoms with Crippen LogP contribution in [0.1, 0.15) is 13.8 Å². The molecule has 5 heteroatoms. The second-order valence-electron chi connectivity index (χ2n) is 6.65. The van der Waals surface area contributed by atoms with E-state index in [9.17, 15) is 0 Å². The third-order valence-electron chi connectivity index (χ3n) is 4.19. The van der Waals surface area contributed by atoms with Gasteiger partial charge in [-0.2, -0.15) is 5.10 Å². The average Bonchev–Trinajstić information content (AvgIpc) is 2.80. The van der Waals surface area contributed by atoms with E-state index in [4.69, 9.17) is 17.3 Å². The molecule has 0 aliphatic carbocycles. The number of hydrogen-bond donors (Lipinski definition) is 1. The quantitative estimate of drug-likeness (QED) is 0.755. The number of nitrogens with zero attached hydrogens (tertiary/aromatic N) is 3. The smallest absolute Gasteiger partial charge is 0.154 e. The van der Waals surface area contributed by atoms with Crippen LogP contribution in [0.25, 0.3) is 22.0 Å². The van der Waals surface area contributed by atoms with Gasteiger partial charge in [0.05, 0.1) is 10.9 Å². The van der Waals surface area contributed by atoms with E-state index in [1.165, 1.54) is 0 Å². The molecule has 3 rings (SSSR count). The maximum Gasteiger partial charge on any atom is 0.154 e. The van der Waals surface area contributed by atoms with Gasteiger partial charge in [0.1, 0.15) is 0 Å². The first-order chi connectivity index (χ1) is 11.4. The number of hydrogen-bond acceptors (Lipinski definition) is 3. The Morgan fingerprint density at radius 3 is 2.67 bits per heavy atom. The Labute approximate surface area is 147 Å². The Hall–Kier alpha value is -2.20. The van der Waals surface area contributed by atoms with Gasteiger partial charge in [-0.1, -0.05) is 37.6 Å². The van der Waals surface area contributed by atoms with Crippen LogP contribution in [0.2, 0.25) is 5.02 Å². The minimum Gasteiger partial charge on any atom is -0.382 e. The molecule has 2 N–H and O–H groups in total. The molecule has 2 aromatic carbocycles. The molecule has 0 amide bonds. The van der Waals surface area contributed by atoms with Gasteiger partial charge in [0.15, 0.2) is 5.82 Å². The number of aromatic nitrogens is 2. The number of rotatable bonds is 4. The lowest BCUT2D eigenvalue weighted by Gasteiger charge is -2.25. The van der Waals surface area contributed by atoms with Gasteiger partial charge in [0, 0.05) is 36.9 Å². The summed E-state index contributed by atoms with van der Waals surface area (Å²) in [5.41, 5.74) is 10.5. The van der Waals surface area contributed by atoms with Crippen molar-refractivity contribution in [1.29, 1.82) is 0 Å². The zero-order valence-corrected chi connectivity index (χ0v) is 15.3. The summed E-state index contributed by atoms with van der Waals surface area (Å²) < 4.78 is 1.82. The molecule has 0 atom stereocenters. The zero-order chi connectivity index (χ0) is 17.4. The largest absolute Gasteiger partial charge is 0.382 e. The van der Waals surface area contributed by atoms with Gasteiger partial charge in [-0.25, -0.2) is 0 Å². The highest BCUT2D eigenvalue weighted by Crippen LogP contribution is 2.40. The van der Waals surface area contributed by atoms with Crippen LogP contribution in [0.5, 0.6) is 0 Å². The molecule has 0 radical (unpaired) electrons. The number of fused-ring (bicyclic) bond motifs is 1. The van der Waals surface area contributed by atoms with Crippen LogP contribution in [0.15, 0.2) is 36.4 Å². The number of anilines is 2. The molecule has 1 heterocycles. The third-order valence-corrected chi connectivity index (χ3v) is 4.42. The van der Waals surface area contributed by atoms with Gasteiger partial charge in [0.25, 0.3) is 0 Å². The highest BCUT2D eigenvalue weighted by Gasteiger charge is 2.19. The molecule has 0 aliphatic heterocycles. The van der Waals surface area contributed by atoms with E-state index in [0.717, 1.165) is 34.3 Å². The highest BCUT2D eigenvalue weighted by atomic mass is 35.5. The molecular weight excluding hydrogens is 320 g/mol. The lowest BCUT2D eigenvalue weighted by molar-refractivity contribution is 0.639. The molecule has 0 spiro atoms. The van der Waals surface area contributed by atoms with Gasteiger partial charge in [-0.05, 0) is 35.7 Å². The molecule has 126 valence electrons. The maximum absolute atomic E-state index is 6.24. The van der Waals surface area contributed by atoms with Crippen LogP contribution >= 0.6 is 11.6 Å². The van der Waals surface area contributed by atoms with Crippen LogP contribution < -0.4 is 10.6 Å². The van der Waals surface area contributed by atoms with E-state index in [1.807, 2.05) is 29.9 Å². The molecule has 0 saturated heterocycles. The standard InChI is InChI=1S/C19H23ClN4/c1-12(2)11-23(3)15-8-9-16-18(19(21)22-24(16)4)17(15)13-6-5-7-14(20)10-13/h5-10,12H,11H2,1-4H3,(H2,21,22). The van der Waals surface area contributed by atoms with Crippen molar-refractivity contribution in [3.63, 3.8) is 0 Å². The van der Waals surface area contributed by atoms with Crippen LogP contribution in [-0.2, 0) is 7.05 Å². The molecule has 0 aliphatic rings. The lowest BCUT2D eigenvalue weighted by atomic mass is 9.98. The molecule has 4 nitrogen and oxygen atoms in total. The first-order valence-electron chi connectivity index (χ1n) is 8.10. The van der Waals surface area contributed by atoms with Crippen molar-refractivity contribution in [3.8, 4) is 11.1 Å². The van der Waals surface area contributed by atoms with Gasteiger partial charge in [0.2, 0.25) is 0 Å². The predicted molar refractivity (Wildman–Crippen MR) is 104 cm³/mol. The van der Waals surface area contributed by atoms with E-state index in [0.29, 0.717) is 16.8 Å². The van der Waals surface area contributed by atoms with Crippen molar-refractivity contribution >= 4 is 34.0 Å². The fourth-order valence-electron chi connectivity index (χ4n) is 3.28. The van der Waals surface area contributed by atoms with Crippen molar-refractivity contribution < 1.29 is 0 Å². The van der Waals surface area contributed by atoms with Crippen molar-refractivity contribution in [1.82, 2.24) is 9.78 Å². The van der Waals surface area contributed by atoms with Gasteiger partial charge in [-0.15, -0.1) is 0 Å². The SMILES string of the molecule is CC(C)CN(C)c1ccc2c(c(N)nn2C)c1-c1cccc(Cl)c1. The first kappa shape index (κ1) is 16.7. The zero-order valence-electron chi connectivity index (χ0n) is 14.5. The molecule has 0 bridgehead atoms. The van der Waals surface area contributed by atoms with E-state index in [2.05, 4.69) is 49.1 Å². The Morgan fingerprint density at radius 1 is 1.25 bits per heavy atom. The molecule has 3 aromatic rings. The minimum atomic E-state index is 0.544. The molecule has 0 saturated carbocycles. The number of halogens is 1. The van der Waals surface area contributed by atoms with E-state index in [1.54, 1.807) is 0 Å². The normalized spacial score (nSPS) is 11.4. The lowest BCUT2D eigenvalue weighted by Crippen LogP contribution is -2.23. The minimum absolute atomic E-state index is 0.544. The molecule has 0 fully saturated rings. The Kier molecular flexibility index (Phi) is 4.41. The fourth-order valence-corrected chi connectivity index (χ4v) is 3.47. The van der Waals surface area contributed by atoms with Gasteiger partial charge < -0.3 is 10.6 Å². The van der Waals surface area contributed by atoms with E-state index < -0.39 is 0 Å². The number of aryl methyl sites for hydroxylation is 1. The van der Waals surface area contributed by atoms with Crippen LogP contribution in [0.3, 0.4) is 0 Å². The topological polar surface area (TPSA) is 47.1 Å². The van der Waals surface area contributed by atoms with Crippen molar-refractivity contribution in [2.75, 3.05) is 24.2 Å². The van der Waals surface area contributed by atoms with Crippen molar-refractivity contribution in [2.45, 2.75) is 13.8 Å². The summed E-state index contributed by atoms with van der Waals surface area (Å²) in [6, 6.07) is 12.1. The molecule has 0 unspecified atom stereocenters. The monoisotopic (exact) mass is 342 g/mol. The second-order valence-corrected chi connectivity index (χ2v) is 7.08. The maximum atomic E-state index is 6.24. The van der Waals surface area contributed by atoms with Gasteiger partial charge >= 0.3 is 0 Å². The molecule has 1 aromatic heterocycles. The number of nitrogens with two attached hydrogens (primary N) is 1. The third kappa shape index (κ3) is 2.94. The van der Waals surface area contributed by atoms with Crippen LogP contribution in [0.4, 0.5) is 11.5 Å². The summed E-state index contributed by atoms with van der Waals surface area (Å²) in [7, 11) is 4.03. The van der Waals surface area contributed by atoms with Gasteiger partial charge in [-0.3, -0.25) is 4.68 Å². The summed E-state index contributed by atoms with van der Waals surface area (Å²) in [6.45, 7) is 5.39. The Bertz CT molecular complexity index is 882. The first-order valence-corrected chi connectivity index (χ1v) is 8.48. The Morgan fingerprint density at radius 2 is 2.00 bits per heavy atom. The highest BCUT2D eigenvalue weighted by molar-refractivity contribution is 6.31. The van der Waals surface area contributed by atoms with E-state index >= 15 is 0 Å². The van der Waals surface area contributed by atoms with E-state index in [-0.39, 0.29) is 0 Å². The summed E-state index contributed by atoms with van der Waals surface area (Å²) in [6.07, 6.45) is 0. The molecular formula is C19H23ClN4.